The molecule has 1 aliphatic rings. The van der Waals surface area contributed by atoms with Crippen molar-refractivity contribution < 1.29 is 9.59 Å². The van der Waals surface area contributed by atoms with E-state index in [1.807, 2.05) is 24.3 Å². The van der Waals surface area contributed by atoms with Crippen LogP contribution in [0.25, 0.3) is 0 Å². The van der Waals surface area contributed by atoms with E-state index in [0.29, 0.717) is 13.1 Å². The second-order valence-electron chi connectivity index (χ2n) is 4.00. The van der Waals surface area contributed by atoms with Crippen LogP contribution in [0.15, 0.2) is 28.7 Å². The lowest BCUT2D eigenvalue weighted by atomic mass is 10.3. The summed E-state index contributed by atoms with van der Waals surface area (Å²) in [4.78, 5) is 24.6. The number of carbonyl (C=O) groups is 2. The number of hydrogen-bond acceptors (Lipinski definition) is 3. The van der Waals surface area contributed by atoms with Crippen LogP contribution in [0.1, 0.15) is 0 Å². The standard InChI is InChI=1S/C12H14BrN3O2/c13-9-3-1-2-4-10(9)15-7-12(18)16-6-5-14-11(17)8-16/h1-4,15H,5-8H2,(H,14,17). The van der Waals surface area contributed by atoms with E-state index in [-0.39, 0.29) is 24.9 Å². The van der Waals surface area contributed by atoms with Crippen LogP contribution in [0.3, 0.4) is 0 Å². The van der Waals surface area contributed by atoms with Crippen molar-refractivity contribution in [2.45, 2.75) is 0 Å². The van der Waals surface area contributed by atoms with Crippen molar-refractivity contribution in [3.05, 3.63) is 28.7 Å². The Hall–Kier alpha value is -1.56. The minimum Gasteiger partial charge on any atom is -0.375 e. The number of benzene rings is 1. The van der Waals surface area contributed by atoms with Crippen molar-refractivity contribution >= 4 is 33.4 Å². The average Bonchev–Trinajstić information content (AvgIpc) is 2.37. The third-order valence-electron chi connectivity index (χ3n) is 2.69. The third-order valence-corrected chi connectivity index (χ3v) is 3.39. The zero-order valence-electron chi connectivity index (χ0n) is 9.78. The molecule has 1 aromatic rings. The maximum absolute atomic E-state index is 11.9. The van der Waals surface area contributed by atoms with Gasteiger partial charge in [-0.25, -0.2) is 0 Å². The summed E-state index contributed by atoms with van der Waals surface area (Å²) in [7, 11) is 0. The molecule has 5 nitrogen and oxygen atoms in total. The maximum Gasteiger partial charge on any atom is 0.242 e. The Balaban J connectivity index is 1.88. The molecule has 1 fully saturated rings. The highest BCUT2D eigenvalue weighted by atomic mass is 79.9. The smallest absolute Gasteiger partial charge is 0.242 e. The van der Waals surface area contributed by atoms with Gasteiger partial charge in [0.1, 0.15) is 0 Å². The first-order valence-electron chi connectivity index (χ1n) is 5.69. The van der Waals surface area contributed by atoms with Crippen molar-refractivity contribution in [3.63, 3.8) is 0 Å². The Bertz CT molecular complexity index is 464. The van der Waals surface area contributed by atoms with Gasteiger partial charge < -0.3 is 15.5 Å². The molecule has 2 amide bonds. The summed E-state index contributed by atoms with van der Waals surface area (Å²) >= 11 is 3.40. The van der Waals surface area contributed by atoms with Crippen molar-refractivity contribution in [1.82, 2.24) is 10.2 Å². The van der Waals surface area contributed by atoms with E-state index in [9.17, 15) is 9.59 Å². The van der Waals surface area contributed by atoms with Gasteiger partial charge in [0.2, 0.25) is 11.8 Å². The summed E-state index contributed by atoms with van der Waals surface area (Å²) < 4.78 is 0.911. The molecule has 6 heteroatoms. The molecule has 0 atom stereocenters. The third kappa shape index (κ3) is 3.22. The molecule has 2 rings (SSSR count). The zero-order chi connectivity index (χ0) is 13.0. The largest absolute Gasteiger partial charge is 0.375 e. The lowest BCUT2D eigenvalue weighted by Crippen LogP contribution is -2.51. The quantitative estimate of drug-likeness (QED) is 0.869. The van der Waals surface area contributed by atoms with E-state index in [4.69, 9.17) is 0 Å². The van der Waals surface area contributed by atoms with Gasteiger partial charge in [0.25, 0.3) is 0 Å². The number of nitrogens with zero attached hydrogens (tertiary/aromatic N) is 1. The van der Waals surface area contributed by atoms with Crippen LogP contribution >= 0.6 is 15.9 Å². The Morgan fingerprint density at radius 1 is 1.44 bits per heavy atom. The van der Waals surface area contributed by atoms with E-state index >= 15 is 0 Å². The molecule has 1 heterocycles. The normalized spacial score (nSPS) is 15.2. The molecule has 0 saturated carbocycles. The van der Waals surface area contributed by atoms with Gasteiger partial charge in [-0.05, 0) is 28.1 Å². The molecule has 0 aliphatic carbocycles. The highest BCUT2D eigenvalue weighted by Crippen LogP contribution is 2.20. The Morgan fingerprint density at radius 2 is 2.22 bits per heavy atom. The van der Waals surface area contributed by atoms with E-state index in [0.717, 1.165) is 10.2 Å². The Labute approximate surface area is 114 Å². The molecule has 18 heavy (non-hydrogen) atoms. The molecule has 1 saturated heterocycles. The second kappa shape index (κ2) is 5.86. The van der Waals surface area contributed by atoms with Crippen molar-refractivity contribution in [3.8, 4) is 0 Å². The molecule has 2 N–H and O–H groups in total. The van der Waals surface area contributed by atoms with Crippen molar-refractivity contribution in [1.29, 1.82) is 0 Å². The van der Waals surface area contributed by atoms with Crippen LogP contribution < -0.4 is 10.6 Å². The van der Waals surface area contributed by atoms with Gasteiger partial charge in [0.05, 0.1) is 13.1 Å². The number of hydrogen-bond donors (Lipinski definition) is 2. The van der Waals surface area contributed by atoms with Crippen LogP contribution in [0.4, 0.5) is 5.69 Å². The minimum atomic E-state index is -0.101. The summed E-state index contributed by atoms with van der Waals surface area (Å²) in [6.07, 6.45) is 0. The summed E-state index contributed by atoms with van der Waals surface area (Å²) in [5, 5.41) is 5.74. The fraction of sp³-hybridized carbons (Fsp3) is 0.333. The van der Waals surface area contributed by atoms with Gasteiger partial charge >= 0.3 is 0 Å². The summed E-state index contributed by atoms with van der Waals surface area (Å²) in [5.41, 5.74) is 0.868. The Morgan fingerprint density at radius 3 is 2.94 bits per heavy atom. The predicted molar refractivity (Wildman–Crippen MR) is 72.2 cm³/mol. The fourth-order valence-electron chi connectivity index (χ4n) is 1.74. The van der Waals surface area contributed by atoms with E-state index in [1.54, 1.807) is 4.90 Å². The number of anilines is 1. The van der Waals surface area contributed by atoms with Crippen LogP contribution in [0.5, 0.6) is 0 Å². The number of para-hydroxylation sites is 1. The zero-order valence-corrected chi connectivity index (χ0v) is 11.4. The van der Waals surface area contributed by atoms with Crippen LogP contribution in [0, 0.1) is 0 Å². The van der Waals surface area contributed by atoms with E-state index < -0.39 is 0 Å². The molecule has 1 aliphatic heterocycles. The topological polar surface area (TPSA) is 61.4 Å². The summed E-state index contributed by atoms with van der Waals surface area (Å²) in [6, 6.07) is 7.60. The number of halogens is 1. The minimum absolute atomic E-state index is 0.0689. The van der Waals surface area contributed by atoms with Gasteiger partial charge in [0, 0.05) is 23.2 Å². The molecule has 0 spiro atoms. The molecule has 0 aromatic heterocycles. The van der Waals surface area contributed by atoms with Gasteiger partial charge in [0.15, 0.2) is 0 Å². The lowest BCUT2D eigenvalue weighted by molar-refractivity contribution is -0.136. The van der Waals surface area contributed by atoms with Crippen LogP contribution in [-0.4, -0.2) is 42.9 Å². The first-order valence-corrected chi connectivity index (χ1v) is 6.49. The van der Waals surface area contributed by atoms with Crippen LogP contribution in [-0.2, 0) is 9.59 Å². The number of rotatable bonds is 3. The van der Waals surface area contributed by atoms with E-state index in [1.165, 1.54) is 0 Å². The molecular formula is C12H14BrN3O2. The summed E-state index contributed by atoms with van der Waals surface area (Å²) in [6.45, 7) is 1.44. The van der Waals surface area contributed by atoms with E-state index in [2.05, 4.69) is 26.6 Å². The van der Waals surface area contributed by atoms with Gasteiger partial charge in [-0.3, -0.25) is 9.59 Å². The highest BCUT2D eigenvalue weighted by molar-refractivity contribution is 9.10. The van der Waals surface area contributed by atoms with Crippen molar-refractivity contribution in [2.24, 2.45) is 0 Å². The molecule has 1 aromatic carbocycles. The highest BCUT2D eigenvalue weighted by Gasteiger charge is 2.20. The Kier molecular flexibility index (Phi) is 4.19. The number of piperazine rings is 1. The average molecular weight is 312 g/mol. The lowest BCUT2D eigenvalue weighted by Gasteiger charge is -2.26. The first-order chi connectivity index (χ1) is 8.66. The monoisotopic (exact) mass is 311 g/mol. The number of carbonyl (C=O) groups excluding carboxylic acids is 2. The molecule has 0 bridgehead atoms. The van der Waals surface area contributed by atoms with Crippen molar-refractivity contribution in [2.75, 3.05) is 31.5 Å². The van der Waals surface area contributed by atoms with Gasteiger partial charge in [-0.1, -0.05) is 12.1 Å². The predicted octanol–water partition coefficient (Wildman–Crippen LogP) is 0.819. The second-order valence-corrected chi connectivity index (χ2v) is 4.85. The molecule has 0 radical (unpaired) electrons. The van der Waals surface area contributed by atoms with Crippen LogP contribution in [0.2, 0.25) is 0 Å². The molecular weight excluding hydrogens is 298 g/mol. The van der Waals surface area contributed by atoms with Gasteiger partial charge in [-0.15, -0.1) is 0 Å². The van der Waals surface area contributed by atoms with Gasteiger partial charge in [-0.2, -0.15) is 0 Å². The molecule has 96 valence electrons. The number of nitrogens with one attached hydrogen (secondary N) is 2. The fourth-order valence-corrected chi connectivity index (χ4v) is 2.16. The maximum atomic E-state index is 11.9. The number of amides is 2. The summed E-state index contributed by atoms with van der Waals surface area (Å²) in [5.74, 6) is -0.170. The molecule has 0 unspecified atom stereocenters. The SMILES string of the molecule is O=C1CN(C(=O)CNc2ccccc2Br)CCN1. The first kappa shape index (κ1) is 12.9.